The molecule has 0 radical (unpaired) electrons. The normalized spacial score (nSPS) is 10.8. The van der Waals surface area contributed by atoms with Gasteiger partial charge in [0.2, 0.25) is 5.91 Å². The first-order valence-corrected chi connectivity index (χ1v) is 7.55. The number of carbonyl (C=O) groups is 2. The monoisotopic (exact) mass is 340 g/mol. The van der Waals surface area contributed by atoms with Crippen molar-refractivity contribution in [3.63, 3.8) is 0 Å². The predicted octanol–water partition coefficient (Wildman–Crippen LogP) is 1.68. The van der Waals surface area contributed by atoms with E-state index in [2.05, 4.69) is 15.3 Å². The molecule has 0 aliphatic rings. The van der Waals surface area contributed by atoms with Gasteiger partial charge >= 0.3 is 5.97 Å². The maximum atomic E-state index is 12.6. The molecule has 1 amide bonds. The Balaban J connectivity index is 1.90. The quantitative estimate of drug-likeness (QED) is 0.668. The molecule has 25 heavy (non-hydrogen) atoms. The van der Waals surface area contributed by atoms with Gasteiger partial charge in [0, 0.05) is 5.69 Å². The summed E-state index contributed by atoms with van der Waals surface area (Å²) in [4.78, 5) is 43.3. The number of H-pyrrole nitrogens is 1. The maximum absolute atomic E-state index is 12.6. The van der Waals surface area contributed by atoms with E-state index in [1.807, 2.05) is 6.92 Å². The van der Waals surface area contributed by atoms with Crippen molar-refractivity contribution in [3.8, 4) is 0 Å². The van der Waals surface area contributed by atoms with Crippen LogP contribution in [0.25, 0.3) is 11.0 Å². The molecule has 3 aromatic rings. The van der Waals surface area contributed by atoms with Crippen LogP contribution >= 0.6 is 0 Å². The molecule has 0 atom stereocenters. The van der Waals surface area contributed by atoms with Crippen molar-refractivity contribution < 1.29 is 14.7 Å². The number of nitrogens with one attached hydrogen (secondary N) is 2. The van der Waals surface area contributed by atoms with Crippen molar-refractivity contribution in [1.29, 1.82) is 0 Å². The van der Waals surface area contributed by atoms with Crippen molar-refractivity contribution in [3.05, 3.63) is 57.8 Å². The molecule has 0 spiro atoms. The molecule has 128 valence electrons. The molecule has 0 fully saturated rings. The Morgan fingerprint density at radius 3 is 2.72 bits per heavy atom. The minimum Gasteiger partial charge on any atom is -0.478 e. The van der Waals surface area contributed by atoms with E-state index in [4.69, 9.17) is 5.11 Å². The number of carboxylic acids is 1. The lowest BCUT2D eigenvalue weighted by Gasteiger charge is -2.11. The number of amides is 1. The van der Waals surface area contributed by atoms with Gasteiger partial charge in [0.25, 0.3) is 5.56 Å². The third kappa shape index (κ3) is 3.14. The van der Waals surface area contributed by atoms with Crippen LogP contribution in [0.3, 0.4) is 0 Å². The molecule has 3 N–H and O–H groups in total. The Morgan fingerprint density at radius 2 is 2.00 bits per heavy atom. The van der Waals surface area contributed by atoms with Gasteiger partial charge in [0.1, 0.15) is 18.0 Å². The van der Waals surface area contributed by atoms with Crippen LogP contribution < -0.4 is 10.9 Å². The van der Waals surface area contributed by atoms with E-state index < -0.39 is 11.9 Å². The topological polar surface area (TPSA) is 117 Å². The molecule has 0 unspecified atom stereocenters. The smallest absolute Gasteiger partial charge is 0.337 e. The number of hydrogen-bond acceptors (Lipinski definition) is 4. The summed E-state index contributed by atoms with van der Waals surface area (Å²) in [5.74, 6) is -1.26. The first kappa shape index (κ1) is 16.4. The van der Waals surface area contributed by atoms with Crippen LogP contribution in [0.4, 0.5) is 5.69 Å². The van der Waals surface area contributed by atoms with E-state index in [0.29, 0.717) is 16.9 Å². The number of anilines is 1. The summed E-state index contributed by atoms with van der Waals surface area (Å²) in [6.07, 6.45) is 0. The maximum Gasteiger partial charge on any atom is 0.337 e. The number of benzene rings is 1. The summed E-state index contributed by atoms with van der Waals surface area (Å²) in [6.45, 7) is 3.19. The molecule has 8 nitrogen and oxygen atoms in total. The summed E-state index contributed by atoms with van der Waals surface area (Å²) >= 11 is 0. The van der Waals surface area contributed by atoms with E-state index in [1.54, 1.807) is 25.1 Å². The summed E-state index contributed by atoms with van der Waals surface area (Å²) in [5.41, 5.74) is 1.12. The molecular formula is C17H16N4O4. The largest absolute Gasteiger partial charge is 0.478 e. The van der Waals surface area contributed by atoms with Crippen molar-refractivity contribution in [2.75, 3.05) is 5.32 Å². The Hall–Kier alpha value is -3.42. The predicted molar refractivity (Wildman–Crippen MR) is 91.9 cm³/mol. The van der Waals surface area contributed by atoms with Gasteiger partial charge in [0.05, 0.1) is 16.6 Å². The second kappa shape index (κ2) is 6.23. The zero-order valence-electron chi connectivity index (χ0n) is 13.7. The van der Waals surface area contributed by atoms with E-state index in [0.717, 1.165) is 5.69 Å². The summed E-state index contributed by atoms with van der Waals surface area (Å²) in [5, 5.41) is 12.1. The fourth-order valence-electron chi connectivity index (χ4n) is 2.64. The lowest BCUT2D eigenvalue weighted by atomic mass is 10.2. The number of aromatic amines is 1. The third-order valence-electron chi connectivity index (χ3n) is 3.80. The summed E-state index contributed by atoms with van der Waals surface area (Å²) in [7, 11) is 0. The molecule has 3 rings (SSSR count). The lowest BCUT2D eigenvalue weighted by molar-refractivity contribution is -0.116. The third-order valence-corrected chi connectivity index (χ3v) is 3.80. The molecule has 0 bridgehead atoms. The molecular weight excluding hydrogens is 324 g/mol. The zero-order valence-corrected chi connectivity index (χ0v) is 13.7. The Morgan fingerprint density at radius 1 is 1.28 bits per heavy atom. The second-order valence-corrected chi connectivity index (χ2v) is 5.66. The van der Waals surface area contributed by atoms with Crippen LogP contribution in [0.2, 0.25) is 0 Å². The molecule has 0 aliphatic heterocycles. The number of para-hydroxylation sites is 1. The fourth-order valence-corrected chi connectivity index (χ4v) is 2.64. The lowest BCUT2D eigenvalue weighted by Crippen LogP contribution is -2.30. The highest BCUT2D eigenvalue weighted by Gasteiger charge is 2.15. The van der Waals surface area contributed by atoms with Gasteiger partial charge in [-0.05, 0) is 32.0 Å². The fraction of sp³-hybridized carbons (Fsp3) is 0.176. The average Bonchev–Trinajstić information content (AvgIpc) is 2.92. The van der Waals surface area contributed by atoms with Gasteiger partial charge in [-0.3, -0.25) is 14.2 Å². The SMILES string of the molecule is Cc1cc2c(=O)n(CC(=O)Nc3ccccc3C(=O)O)c(C)nc2[nH]1. The highest BCUT2D eigenvalue weighted by Crippen LogP contribution is 2.15. The van der Waals surface area contributed by atoms with Gasteiger partial charge in [-0.1, -0.05) is 12.1 Å². The molecule has 2 heterocycles. The first-order chi connectivity index (χ1) is 11.9. The number of rotatable bonds is 4. The first-order valence-electron chi connectivity index (χ1n) is 7.55. The number of hydrogen-bond donors (Lipinski definition) is 3. The number of aryl methyl sites for hydroxylation is 2. The Labute approximate surface area is 142 Å². The highest BCUT2D eigenvalue weighted by atomic mass is 16.4. The second-order valence-electron chi connectivity index (χ2n) is 5.66. The minimum atomic E-state index is -1.14. The standard InChI is InChI=1S/C17H16N4O4/c1-9-7-12-15(18-9)19-10(2)21(16(12)23)8-14(22)20-13-6-4-3-5-11(13)17(24)25/h3-7,18H,8H2,1-2H3,(H,20,22)(H,24,25). The number of nitrogens with zero attached hydrogens (tertiary/aromatic N) is 2. The van der Waals surface area contributed by atoms with Gasteiger partial charge in [-0.15, -0.1) is 0 Å². The number of aromatic nitrogens is 3. The molecule has 0 saturated heterocycles. The van der Waals surface area contributed by atoms with Crippen LogP contribution in [-0.2, 0) is 11.3 Å². The van der Waals surface area contributed by atoms with E-state index in [1.165, 1.54) is 16.7 Å². The van der Waals surface area contributed by atoms with E-state index in [-0.39, 0.29) is 23.4 Å². The summed E-state index contributed by atoms with van der Waals surface area (Å²) in [6, 6.07) is 7.76. The Kier molecular flexibility index (Phi) is 4.10. The average molecular weight is 340 g/mol. The minimum absolute atomic E-state index is 0.0187. The number of carbonyl (C=O) groups excluding carboxylic acids is 1. The van der Waals surface area contributed by atoms with E-state index in [9.17, 15) is 14.4 Å². The van der Waals surface area contributed by atoms with Crippen molar-refractivity contribution in [2.45, 2.75) is 20.4 Å². The summed E-state index contributed by atoms with van der Waals surface area (Å²) < 4.78 is 1.26. The van der Waals surface area contributed by atoms with Gasteiger partial charge in [0.15, 0.2) is 0 Å². The zero-order chi connectivity index (χ0) is 18.1. The van der Waals surface area contributed by atoms with Crippen molar-refractivity contribution in [1.82, 2.24) is 14.5 Å². The van der Waals surface area contributed by atoms with Crippen molar-refractivity contribution >= 4 is 28.6 Å². The highest BCUT2D eigenvalue weighted by molar-refractivity contribution is 6.00. The molecule has 0 saturated carbocycles. The Bertz CT molecular complexity index is 1050. The molecule has 2 aromatic heterocycles. The van der Waals surface area contributed by atoms with E-state index >= 15 is 0 Å². The van der Waals surface area contributed by atoms with Crippen molar-refractivity contribution in [2.24, 2.45) is 0 Å². The number of aromatic carboxylic acids is 1. The number of fused-ring (bicyclic) bond motifs is 1. The van der Waals surface area contributed by atoms with Crippen LogP contribution in [0.1, 0.15) is 21.9 Å². The van der Waals surface area contributed by atoms with Gasteiger partial charge < -0.3 is 15.4 Å². The number of carboxylic acid groups (broad SMARTS) is 1. The van der Waals surface area contributed by atoms with Gasteiger partial charge in [-0.2, -0.15) is 0 Å². The van der Waals surface area contributed by atoms with Crippen LogP contribution in [0.5, 0.6) is 0 Å². The molecule has 0 aliphatic carbocycles. The van der Waals surface area contributed by atoms with Crippen LogP contribution in [0.15, 0.2) is 35.1 Å². The van der Waals surface area contributed by atoms with Crippen LogP contribution in [-0.4, -0.2) is 31.5 Å². The molecule has 1 aromatic carbocycles. The van der Waals surface area contributed by atoms with Crippen LogP contribution in [0, 0.1) is 13.8 Å². The van der Waals surface area contributed by atoms with Gasteiger partial charge in [-0.25, -0.2) is 9.78 Å². The molecule has 8 heteroatoms.